The lowest BCUT2D eigenvalue weighted by Crippen LogP contribution is -2.09. The first-order valence-electron chi connectivity index (χ1n) is 3.83. The Balaban J connectivity index is 2.38. The number of rotatable bonds is 3. The van der Waals surface area contributed by atoms with Crippen molar-refractivity contribution in [3.63, 3.8) is 0 Å². The van der Waals surface area contributed by atoms with E-state index in [1.165, 1.54) is 13.0 Å². The van der Waals surface area contributed by atoms with Crippen molar-refractivity contribution in [2.24, 2.45) is 0 Å². The maximum absolute atomic E-state index is 10.5. The minimum absolute atomic E-state index is 0.197. The molecule has 0 aliphatic carbocycles. The van der Waals surface area contributed by atoms with Crippen LogP contribution in [0.2, 0.25) is 0 Å². The predicted molar refractivity (Wildman–Crippen MR) is 42.2 cm³/mol. The predicted octanol–water partition coefficient (Wildman–Crippen LogP) is 0.943. The minimum atomic E-state index is -0.967. The van der Waals surface area contributed by atoms with Gasteiger partial charge in [0.25, 0.3) is 0 Å². The van der Waals surface area contributed by atoms with Crippen molar-refractivity contribution in [1.29, 1.82) is 0 Å². The summed E-state index contributed by atoms with van der Waals surface area (Å²) < 4.78 is 9.21. The number of carbonyl (C=O) groups excluding carboxylic acids is 1. The van der Waals surface area contributed by atoms with Crippen LogP contribution in [0.15, 0.2) is 11.6 Å². The normalized spacial score (nSPS) is 22.4. The van der Waals surface area contributed by atoms with Crippen LogP contribution in [-0.4, -0.2) is 29.9 Å². The van der Waals surface area contributed by atoms with Gasteiger partial charge in [0.2, 0.25) is 0 Å². The molecule has 5 heteroatoms. The van der Waals surface area contributed by atoms with E-state index < -0.39 is 12.1 Å². The highest BCUT2D eigenvalue weighted by atomic mass is 16.8. The molecule has 1 aliphatic heterocycles. The zero-order valence-corrected chi connectivity index (χ0v) is 7.15. The average Bonchev–Trinajstić information content (AvgIpc) is 2.47. The van der Waals surface area contributed by atoms with Gasteiger partial charge in [0, 0.05) is 12.0 Å². The van der Waals surface area contributed by atoms with Crippen molar-refractivity contribution < 1.29 is 24.2 Å². The minimum Gasteiger partial charge on any atom is -0.478 e. The van der Waals surface area contributed by atoms with Crippen molar-refractivity contribution in [3.05, 3.63) is 11.6 Å². The molecule has 0 bridgehead atoms. The fraction of sp³-hybridized carbons (Fsp3) is 0.500. The molecule has 1 N–H and O–H groups in total. The molecule has 0 aromatic heterocycles. The molecule has 1 rings (SSSR count). The van der Waals surface area contributed by atoms with Gasteiger partial charge in [0.05, 0.1) is 0 Å². The van der Waals surface area contributed by atoms with Crippen LogP contribution in [0.1, 0.15) is 13.3 Å². The zero-order valence-electron chi connectivity index (χ0n) is 7.15. The Labute approximate surface area is 74.9 Å². The summed E-state index contributed by atoms with van der Waals surface area (Å²) in [6.45, 7) is 1.68. The summed E-state index contributed by atoms with van der Waals surface area (Å²) in [4.78, 5) is 20.8. The van der Waals surface area contributed by atoms with Crippen molar-refractivity contribution in [1.82, 2.24) is 0 Å². The second kappa shape index (κ2) is 3.93. The van der Waals surface area contributed by atoms with E-state index in [-0.39, 0.29) is 18.3 Å². The summed E-state index contributed by atoms with van der Waals surface area (Å²) in [5.41, 5.74) is 0.239. The van der Waals surface area contributed by atoms with Gasteiger partial charge < -0.3 is 14.6 Å². The summed E-state index contributed by atoms with van der Waals surface area (Å²) in [5, 5.41) is 8.50. The fourth-order valence-corrected chi connectivity index (χ4v) is 0.877. The summed E-state index contributed by atoms with van der Waals surface area (Å²) in [5.74, 6) is -0.967. The summed E-state index contributed by atoms with van der Waals surface area (Å²) >= 11 is 0. The number of hydrogen-bond acceptors (Lipinski definition) is 4. The molecular weight excluding hydrogens is 176 g/mol. The van der Waals surface area contributed by atoms with Crippen LogP contribution in [0.25, 0.3) is 0 Å². The first kappa shape index (κ1) is 9.57. The maximum atomic E-state index is 10.5. The van der Waals surface area contributed by atoms with Gasteiger partial charge in [-0.15, -0.1) is 0 Å². The van der Waals surface area contributed by atoms with E-state index >= 15 is 0 Å². The number of ether oxygens (including phenoxy) is 2. The number of cyclic esters (lactones) is 2. The Morgan fingerprint density at radius 2 is 2.46 bits per heavy atom. The van der Waals surface area contributed by atoms with Gasteiger partial charge >= 0.3 is 12.1 Å². The van der Waals surface area contributed by atoms with Gasteiger partial charge in [-0.05, 0) is 6.92 Å². The van der Waals surface area contributed by atoms with E-state index in [0.29, 0.717) is 6.42 Å². The smallest absolute Gasteiger partial charge is 0.478 e. The van der Waals surface area contributed by atoms with Crippen LogP contribution in [0.5, 0.6) is 0 Å². The molecule has 0 saturated carbocycles. The largest absolute Gasteiger partial charge is 0.508 e. The quantitative estimate of drug-likeness (QED) is 0.524. The standard InChI is InChI=1S/C8H10O5/c1-5(7(9)10)2-3-6-4-12-8(11)13-6/h2,6H,3-4H2,1H3,(H,9,10). The Bertz CT molecular complexity index is 255. The monoisotopic (exact) mass is 186 g/mol. The Morgan fingerprint density at radius 3 is 2.92 bits per heavy atom. The SMILES string of the molecule is CC(=CCC1COC(=O)O1)C(=O)O. The third-order valence-electron chi connectivity index (χ3n) is 1.67. The van der Waals surface area contributed by atoms with E-state index in [9.17, 15) is 9.59 Å². The molecule has 0 spiro atoms. The number of carboxylic acid groups (broad SMARTS) is 1. The highest BCUT2D eigenvalue weighted by Gasteiger charge is 2.23. The Morgan fingerprint density at radius 1 is 1.77 bits per heavy atom. The first-order valence-corrected chi connectivity index (χ1v) is 3.83. The van der Waals surface area contributed by atoms with Gasteiger partial charge in [-0.2, -0.15) is 0 Å². The molecule has 1 fully saturated rings. The molecule has 0 aromatic carbocycles. The third kappa shape index (κ3) is 2.77. The molecule has 1 saturated heterocycles. The van der Waals surface area contributed by atoms with E-state index in [0.717, 1.165) is 0 Å². The molecular formula is C8H10O5. The number of aliphatic carboxylic acids is 1. The van der Waals surface area contributed by atoms with E-state index in [1.54, 1.807) is 0 Å². The van der Waals surface area contributed by atoms with Crippen molar-refractivity contribution in [3.8, 4) is 0 Å². The van der Waals surface area contributed by atoms with Crippen LogP contribution in [0, 0.1) is 0 Å². The Hall–Kier alpha value is -1.52. The van der Waals surface area contributed by atoms with Gasteiger partial charge in [0.15, 0.2) is 0 Å². The van der Waals surface area contributed by atoms with Gasteiger partial charge in [-0.3, -0.25) is 0 Å². The van der Waals surface area contributed by atoms with E-state index in [4.69, 9.17) is 9.84 Å². The number of carboxylic acids is 1. The lowest BCUT2D eigenvalue weighted by atomic mass is 10.2. The van der Waals surface area contributed by atoms with Crippen molar-refractivity contribution in [2.45, 2.75) is 19.4 Å². The molecule has 72 valence electrons. The summed E-state index contributed by atoms with van der Waals surface area (Å²) in [7, 11) is 0. The lowest BCUT2D eigenvalue weighted by molar-refractivity contribution is -0.132. The first-order chi connectivity index (χ1) is 6.09. The molecule has 0 amide bonds. The second-order valence-electron chi connectivity index (χ2n) is 2.73. The number of carbonyl (C=O) groups is 2. The Kier molecular flexibility index (Phi) is 2.89. The van der Waals surface area contributed by atoms with Crippen LogP contribution in [-0.2, 0) is 14.3 Å². The molecule has 0 aromatic rings. The van der Waals surface area contributed by atoms with Gasteiger partial charge in [-0.1, -0.05) is 6.08 Å². The topological polar surface area (TPSA) is 72.8 Å². The van der Waals surface area contributed by atoms with Gasteiger partial charge in [0.1, 0.15) is 12.7 Å². The molecule has 1 unspecified atom stereocenters. The number of hydrogen-bond donors (Lipinski definition) is 1. The second-order valence-corrected chi connectivity index (χ2v) is 2.73. The molecule has 1 heterocycles. The molecule has 13 heavy (non-hydrogen) atoms. The molecule has 0 radical (unpaired) electrons. The maximum Gasteiger partial charge on any atom is 0.508 e. The zero-order chi connectivity index (χ0) is 9.84. The van der Waals surface area contributed by atoms with Gasteiger partial charge in [-0.25, -0.2) is 9.59 Å². The van der Waals surface area contributed by atoms with Crippen molar-refractivity contribution in [2.75, 3.05) is 6.61 Å². The van der Waals surface area contributed by atoms with Crippen molar-refractivity contribution >= 4 is 12.1 Å². The van der Waals surface area contributed by atoms with Crippen LogP contribution < -0.4 is 0 Å². The highest BCUT2D eigenvalue weighted by molar-refractivity contribution is 5.85. The van der Waals surface area contributed by atoms with Crippen LogP contribution in [0.4, 0.5) is 4.79 Å². The third-order valence-corrected chi connectivity index (χ3v) is 1.67. The summed E-state index contributed by atoms with van der Waals surface area (Å²) in [6, 6.07) is 0. The summed E-state index contributed by atoms with van der Waals surface area (Å²) in [6.07, 6.45) is 0.854. The van der Waals surface area contributed by atoms with E-state index in [2.05, 4.69) is 4.74 Å². The van der Waals surface area contributed by atoms with E-state index in [1.807, 2.05) is 0 Å². The average molecular weight is 186 g/mol. The molecule has 1 atom stereocenters. The molecule has 1 aliphatic rings. The fourth-order valence-electron chi connectivity index (χ4n) is 0.877. The highest BCUT2D eigenvalue weighted by Crippen LogP contribution is 2.11. The van der Waals surface area contributed by atoms with Crippen LogP contribution >= 0.6 is 0 Å². The van der Waals surface area contributed by atoms with Crippen LogP contribution in [0.3, 0.4) is 0 Å². The lowest BCUT2D eigenvalue weighted by Gasteiger charge is -2.01. The molecule has 5 nitrogen and oxygen atoms in total.